The number of hydrogen-bond donors (Lipinski definition) is 2. The lowest BCUT2D eigenvalue weighted by atomic mass is 9.96. The number of non-ortho nitro benzene ring substituents is 1. The highest BCUT2D eigenvalue weighted by molar-refractivity contribution is 7.92. The molecule has 4 rings (SSSR count). The van der Waals surface area contributed by atoms with Gasteiger partial charge >= 0.3 is 0 Å². The summed E-state index contributed by atoms with van der Waals surface area (Å²) in [5, 5.41) is 23.5. The molecule has 0 bridgehead atoms. The lowest BCUT2D eigenvalue weighted by Crippen LogP contribution is -2.39. The zero-order chi connectivity index (χ0) is 23.8. The standard InChI is InChI=1S/C22H21N3O6S2/c1-2-19-17-9-11-32-21(17)8-10-24(19)22(27)18-7-6-14(12-20(18)26)23-33(30,31)16-5-3-4-15(13-16)25(28)29/h3-7,9,11-13,19,23,26H,2,8,10H2,1H3. The second-order valence-corrected chi connectivity index (χ2v) is 10.2. The number of sulfonamides is 1. The zero-order valence-corrected chi connectivity index (χ0v) is 19.2. The van der Waals surface area contributed by atoms with Gasteiger partial charge in [0.25, 0.3) is 21.6 Å². The van der Waals surface area contributed by atoms with Crippen LogP contribution >= 0.6 is 11.3 Å². The van der Waals surface area contributed by atoms with Gasteiger partial charge in [0.1, 0.15) is 5.75 Å². The Bertz CT molecular complexity index is 1340. The third-order valence-electron chi connectivity index (χ3n) is 5.56. The van der Waals surface area contributed by atoms with Gasteiger partial charge in [-0.15, -0.1) is 11.3 Å². The van der Waals surface area contributed by atoms with Crippen molar-refractivity contribution >= 4 is 38.6 Å². The molecule has 172 valence electrons. The first-order valence-corrected chi connectivity index (χ1v) is 12.5. The van der Waals surface area contributed by atoms with E-state index in [0.717, 1.165) is 30.5 Å². The fourth-order valence-electron chi connectivity index (χ4n) is 3.99. The number of nitro groups is 1. The van der Waals surface area contributed by atoms with Crippen LogP contribution in [0.1, 0.15) is 40.2 Å². The summed E-state index contributed by atoms with van der Waals surface area (Å²) in [6, 6.07) is 10.5. The number of thiophene rings is 1. The Labute approximate surface area is 194 Å². The molecule has 0 saturated carbocycles. The maximum Gasteiger partial charge on any atom is 0.270 e. The van der Waals surface area contributed by atoms with Crippen LogP contribution in [0.5, 0.6) is 5.75 Å². The molecule has 33 heavy (non-hydrogen) atoms. The summed E-state index contributed by atoms with van der Waals surface area (Å²) in [5.74, 6) is -0.686. The minimum absolute atomic E-state index is 0.0290. The molecule has 0 spiro atoms. The van der Waals surface area contributed by atoms with Gasteiger partial charge in [-0.2, -0.15) is 0 Å². The molecular formula is C22H21N3O6S2. The van der Waals surface area contributed by atoms with Crippen molar-refractivity contribution in [2.75, 3.05) is 11.3 Å². The van der Waals surface area contributed by atoms with Crippen molar-refractivity contribution in [3.05, 3.63) is 80.0 Å². The van der Waals surface area contributed by atoms with Crippen LogP contribution in [0.2, 0.25) is 0 Å². The van der Waals surface area contributed by atoms with Gasteiger partial charge in [-0.05, 0) is 48.1 Å². The number of phenolic OH excluding ortho intramolecular Hbond substituents is 1. The van der Waals surface area contributed by atoms with Crippen LogP contribution in [-0.2, 0) is 16.4 Å². The van der Waals surface area contributed by atoms with E-state index in [1.165, 1.54) is 35.2 Å². The van der Waals surface area contributed by atoms with E-state index in [2.05, 4.69) is 4.72 Å². The first kappa shape index (κ1) is 22.7. The summed E-state index contributed by atoms with van der Waals surface area (Å²) in [6.45, 7) is 2.54. The average molecular weight is 488 g/mol. The van der Waals surface area contributed by atoms with Crippen molar-refractivity contribution in [3.63, 3.8) is 0 Å². The molecule has 1 unspecified atom stereocenters. The second kappa shape index (κ2) is 8.83. The van der Waals surface area contributed by atoms with Crippen molar-refractivity contribution < 1.29 is 23.2 Å². The summed E-state index contributed by atoms with van der Waals surface area (Å²) in [4.78, 5) is 26.2. The van der Waals surface area contributed by atoms with Crippen molar-refractivity contribution in [3.8, 4) is 5.75 Å². The molecule has 0 aliphatic carbocycles. The van der Waals surface area contributed by atoms with Gasteiger partial charge in [0.15, 0.2) is 0 Å². The second-order valence-electron chi connectivity index (χ2n) is 7.56. The number of fused-ring (bicyclic) bond motifs is 1. The van der Waals surface area contributed by atoms with Crippen LogP contribution in [0.25, 0.3) is 0 Å². The minimum atomic E-state index is -4.14. The summed E-state index contributed by atoms with van der Waals surface area (Å²) < 4.78 is 27.6. The van der Waals surface area contributed by atoms with Gasteiger partial charge in [0, 0.05) is 29.6 Å². The molecule has 9 nitrogen and oxygen atoms in total. The zero-order valence-electron chi connectivity index (χ0n) is 17.6. The lowest BCUT2D eigenvalue weighted by Gasteiger charge is -2.35. The van der Waals surface area contributed by atoms with Gasteiger partial charge in [-0.1, -0.05) is 13.0 Å². The molecular weight excluding hydrogens is 466 g/mol. The first-order valence-electron chi connectivity index (χ1n) is 10.2. The molecule has 0 radical (unpaired) electrons. The summed E-state index contributed by atoms with van der Waals surface area (Å²) in [6.07, 6.45) is 1.48. The first-order chi connectivity index (χ1) is 15.7. The topological polar surface area (TPSA) is 130 Å². The van der Waals surface area contributed by atoms with Crippen molar-refractivity contribution in [1.29, 1.82) is 0 Å². The van der Waals surface area contributed by atoms with E-state index < -0.39 is 14.9 Å². The molecule has 1 aliphatic rings. The van der Waals surface area contributed by atoms with Crippen LogP contribution in [-0.4, -0.2) is 35.8 Å². The molecule has 0 fully saturated rings. The Morgan fingerprint density at radius 2 is 2.06 bits per heavy atom. The Balaban J connectivity index is 1.57. The molecule has 0 saturated heterocycles. The molecule has 2 N–H and O–H groups in total. The smallest absolute Gasteiger partial charge is 0.270 e. The minimum Gasteiger partial charge on any atom is -0.507 e. The number of carbonyl (C=O) groups excluding carboxylic acids is 1. The number of carbonyl (C=O) groups is 1. The Hall–Kier alpha value is -3.44. The van der Waals surface area contributed by atoms with Gasteiger partial charge in [0.2, 0.25) is 0 Å². The van der Waals surface area contributed by atoms with E-state index in [1.54, 1.807) is 16.2 Å². The predicted octanol–water partition coefficient (Wildman–Crippen LogP) is 4.31. The highest BCUT2D eigenvalue weighted by atomic mass is 32.2. The number of phenols is 1. The maximum atomic E-state index is 13.2. The van der Waals surface area contributed by atoms with E-state index in [4.69, 9.17) is 0 Å². The van der Waals surface area contributed by atoms with E-state index >= 15 is 0 Å². The largest absolute Gasteiger partial charge is 0.507 e. The molecule has 1 aliphatic heterocycles. The molecule has 2 aromatic carbocycles. The molecule has 1 aromatic heterocycles. The number of benzene rings is 2. The van der Waals surface area contributed by atoms with Crippen LogP contribution in [0.15, 0.2) is 58.8 Å². The van der Waals surface area contributed by atoms with Crippen LogP contribution in [0.4, 0.5) is 11.4 Å². The normalized spacial score (nSPS) is 15.7. The monoisotopic (exact) mass is 487 g/mol. The van der Waals surface area contributed by atoms with Crippen molar-refractivity contribution in [1.82, 2.24) is 4.90 Å². The Morgan fingerprint density at radius 3 is 2.76 bits per heavy atom. The fraction of sp³-hybridized carbons (Fsp3) is 0.227. The van der Waals surface area contributed by atoms with E-state index in [-0.39, 0.29) is 39.5 Å². The van der Waals surface area contributed by atoms with Crippen LogP contribution < -0.4 is 4.72 Å². The molecule has 1 atom stereocenters. The number of nitrogens with zero attached hydrogens (tertiary/aromatic N) is 2. The van der Waals surface area contributed by atoms with Gasteiger partial charge < -0.3 is 10.0 Å². The molecule has 11 heteroatoms. The van der Waals surface area contributed by atoms with Crippen molar-refractivity contribution in [2.24, 2.45) is 0 Å². The van der Waals surface area contributed by atoms with E-state index in [1.807, 2.05) is 18.4 Å². The molecule has 3 aromatic rings. The summed E-state index contributed by atoms with van der Waals surface area (Å²) in [5.41, 5.74) is 0.872. The van der Waals surface area contributed by atoms with Gasteiger partial charge in [-0.25, -0.2) is 8.42 Å². The Kier molecular flexibility index (Phi) is 6.09. The predicted molar refractivity (Wildman–Crippen MR) is 124 cm³/mol. The third kappa shape index (κ3) is 4.41. The van der Waals surface area contributed by atoms with Gasteiger partial charge in [0.05, 0.1) is 27.1 Å². The third-order valence-corrected chi connectivity index (χ3v) is 7.94. The van der Waals surface area contributed by atoms with Crippen molar-refractivity contribution in [2.45, 2.75) is 30.7 Å². The summed E-state index contributed by atoms with van der Waals surface area (Å²) in [7, 11) is -4.14. The molecule has 1 amide bonds. The van der Waals surface area contributed by atoms with Gasteiger partial charge in [-0.3, -0.25) is 19.6 Å². The Morgan fingerprint density at radius 1 is 1.27 bits per heavy atom. The SMILES string of the molecule is CCC1c2ccsc2CCN1C(=O)c1ccc(NS(=O)(=O)c2cccc([N+](=O)[O-])c2)cc1O. The molecule has 2 heterocycles. The average Bonchev–Trinajstić information content (AvgIpc) is 3.27. The summed E-state index contributed by atoms with van der Waals surface area (Å²) >= 11 is 1.68. The van der Waals surface area contributed by atoms with Crippen LogP contribution in [0, 0.1) is 10.1 Å². The quantitative estimate of drug-likeness (QED) is 0.394. The highest BCUT2D eigenvalue weighted by Gasteiger charge is 2.32. The number of aromatic hydroxyl groups is 1. The number of nitrogens with one attached hydrogen (secondary N) is 1. The fourth-order valence-corrected chi connectivity index (χ4v) is 6.01. The van der Waals surface area contributed by atoms with E-state index in [0.29, 0.717) is 6.54 Å². The maximum absolute atomic E-state index is 13.2. The number of hydrogen-bond acceptors (Lipinski definition) is 7. The number of nitro benzene ring substituents is 1. The number of anilines is 1. The van der Waals surface area contributed by atoms with Crippen LogP contribution in [0.3, 0.4) is 0 Å². The highest BCUT2D eigenvalue weighted by Crippen LogP contribution is 2.37. The van der Waals surface area contributed by atoms with E-state index in [9.17, 15) is 28.4 Å². The number of amides is 1. The lowest BCUT2D eigenvalue weighted by molar-refractivity contribution is -0.385. The number of rotatable bonds is 6.